The topological polar surface area (TPSA) is 52.5 Å². The molecule has 0 aliphatic carbocycles. The van der Waals surface area contributed by atoms with E-state index in [0.717, 1.165) is 18.4 Å². The second-order valence-electron chi connectivity index (χ2n) is 3.93. The summed E-state index contributed by atoms with van der Waals surface area (Å²) in [5.41, 5.74) is 1.04. The Hall–Kier alpha value is -0.770. The standard InChI is InChI=1S/C12H18ClNO2/c1-9(3-2-6-15)14-8-10-4-5-12(16)11(13)7-10/h4-5,7,9,14-16H,2-3,6,8H2,1H3. The van der Waals surface area contributed by atoms with Crippen LogP contribution in [0.15, 0.2) is 18.2 Å². The van der Waals surface area contributed by atoms with Gasteiger partial charge in [0, 0.05) is 19.2 Å². The van der Waals surface area contributed by atoms with Crippen LogP contribution in [0.4, 0.5) is 0 Å². The third kappa shape index (κ3) is 4.39. The monoisotopic (exact) mass is 243 g/mol. The van der Waals surface area contributed by atoms with Crippen LogP contribution in [0, 0.1) is 0 Å². The summed E-state index contributed by atoms with van der Waals surface area (Å²) in [5.74, 6) is 0.110. The van der Waals surface area contributed by atoms with Gasteiger partial charge in [-0.05, 0) is 37.5 Å². The molecule has 1 rings (SSSR count). The zero-order valence-electron chi connectivity index (χ0n) is 9.41. The van der Waals surface area contributed by atoms with Gasteiger partial charge in [0.15, 0.2) is 0 Å². The molecule has 0 spiro atoms. The summed E-state index contributed by atoms with van der Waals surface area (Å²) in [4.78, 5) is 0. The summed E-state index contributed by atoms with van der Waals surface area (Å²) in [6, 6.07) is 5.55. The third-order valence-corrected chi connectivity index (χ3v) is 2.76. The van der Waals surface area contributed by atoms with E-state index in [4.69, 9.17) is 16.7 Å². The van der Waals surface area contributed by atoms with E-state index in [2.05, 4.69) is 12.2 Å². The zero-order valence-corrected chi connectivity index (χ0v) is 10.2. The molecule has 1 aromatic carbocycles. The highest BCUT2D eigenvalue weighted by Gasteiger charge is 2.03. The van der Waals surface area contributed by atoms with Gasteiger partial charge >= 0.3 is 0 Å². The van der Waals surface area contributed by atoms with E-state index in [1.54, 1.807) is 12.1 Å². The molecule has 0 bridgehead atoms. The van der Waals surface area contributed by atoms with Crippen molar-refractivity contribution in [2.45, 2.75) is 32.4 Å². The first-order valence-electron chi connectivity index (χ1n) is 5.45. The second kappa shape index (κ2) is 6.74. The van der Waals surface area contributed by atoms with Gasteiger partial charge in [0.2, 0.25) is 0 Å². The lowest BCUT2D eigenvalue weighted by Gasteiger charge is -2.13. The highest BCUT2D eigenvalue weighted by atomic mass is 35.5. The molecule has 0 amide bonds. The molecule has 1 aromatic rings. The van der Waals surface area contributed by atoms with Crippen LogP contribution >= 0.6 is 11.6 Å². The summed E-state index contributed by atoms with van der Waals surface area (Å²) >= 11 is 5.80. The first-order chi connectivity index (χ1) is 7.63. The Balaban J connectivity index is 2.39. The maximum Gasteiger partial charge on any atom is 0.134 e. The van der Waals surface area contributed by atoms with Crippen molar-refractivity contribution in [3.63, 3.8) is 0 Å². The van der Waals surface area contributed by atoms with Crippen LogP contribution in [0.1, 0.15) is 25.3 Å². The van der Waals surface area contributed by atoms with Crippen molar-refractivity contribution >= 4 is 11.6 Å². The molecule has 0 saturated carbocycles. The average Bonchev–Trinajstić information content (AvgIpc) is 2.28. The minimum atomic E-state index is 0.110. The van der Waals surface area contributed by atoms with E-state index in [1.807, 2.05) is 6.07 Å². The molecule has 0 heterocycles. The largest absolute Gasteiger partial charge is 0.506 e. The van der Waals surface area contributed by atoms with Crippen LogP contribution in [-0.4, -0.2) is 22.9 Å². The third-order valence-electron chi connectivity index (χ3n) is 2.46. The van der Waals surface area contributed by atoms with E-state index < -0.39 is 0 Å². The fourth-order valence-corrected chi connectivity index (χ4v) is 1.66. The van der Waals surface area contributed by atoms with Gasteiger partial charge in [-0.2, -0.15) is 0 Å². The van der Waals surface area contributed by atoms with Crippen molar-refractivity contribution in [1.82, 2.24) is 5.32 Å². The molecule has 0 aromatic heterocycles. The fraction of sp³-hybridized carbons (Fsp3) is 0.500. The van der Waals surface area contributed by atoms with Crippen LogP contribution in [0.2, 0.25) is 5.02 Å². The predicted octanol–water partition coefficient (Wildman–Crippen LogP) is 2.30. The number of aromatic hydroxyl groups is 1. The zero-order chi connectivity index (χ0) is 12.0. The second-order valence-corrected chi connectivity index (χ2v) is 4.34. The Kier molecular flexibility index (Phi) is 5.60. The molecule has 0 saturated heterocycles. The Morgan fingerprint density at radius 1 is 1.44 bits per heavy atom. The minimum Gasteiger partial charge on any atom is -0.506 e. The number of halogens is 1. The fourth-order valence-electron chi connectivity index (χ4n) is 1.45. The van der Waals surface area contributed by atoms with Gasteiger partial charge in [0.05, 0.1) is 5.02 Å². The van der Waals surface area contributed by atoms with Crippen LogP contribution < -0.4 is 5.32 Å². The van der Waals surface area contributed by atoms with Crippen molar-refractivity contribution in [1.29, 1.82) is 0 Å². The Bertz CT molecular complexity index is 331. The van der Waals surface area contributed by atoms with Crippen molar-refractivity contribution in [2.24, 2.45) is 0 Å². The van der Waals surface area contributed by atoms with E-state index in [-0.39, 0.29) is 12.4 Å². The van der Waals surface area contributed by atoms with Crippen molar-refractivity contribution in [2.75, 3.05) is 6.61 Å². The number of nitrogens with one attached hydrogen (secondary N) is 1. The van der Waals surface area contributed by atoms with Crippen molar-refractivity contribution in [3.8, 4) is 5.75 Å². The van der Waals surface area contributed by atoms with E-state index in [0.29, 0.717) is 17.6 Å². The van der Waals surface area contributed by atoms with Gasteiger partial charge < -0.3 is 15.5 Å². The molecular formula is C12H18ClNO2. The van der Waals surface area contributed by atoms with Crippen molar-refractivity contribution < 1.29 is 10.2 Å². The number of phenols is 1. The number of aliphatic hydroxyl groups excluding tert-OH is 1. The molecule has 3 N–H and O–H groups in total. The summed E-state index contributed by atoms with van der Waals surface area (Å²) in [5, 5.41) is 21.7. The highest BCUT2D eigenvalue weighted by molar-refractivity contribution is 6.32. The predicted molar refractivity (Wildman–Crippen MR) is 65.7 cm³/mol. The van der Waals surface area contributed by atoms with E-state index >= 15 is 0 Å². The molecule has 1 atom stereocenters. The number of phenolic OH excluding ortho intramolecular Hbond substituents is 1. The van der Waals surface area contributed by atoms with Gasteiger partial charge in [0.25, 0.3) is 0 Å². The van der Waals surface area contributed by atoms with Crippen LogP contribution in [0.25, 0.3) is 0 Å². The molecule has 3 nitrogen and oxygen atoms in total. The summed E-state index contributed by atoms with van der Waals surface area (Å²) in [6.07, 6.45) is 1.76. The minimum absolute atomic E-state index is 0.110. The van der Waals surface area contributed by atoms with Crippen molar-refractivity contribution in [3.05, 3.63) is 28.8 Å². The van der Waals surface area contributed by atoms with Gasteiger partial charge in [-0.15, -0.1) is 0 Å². The summed E-state index contributed by atoms with van der Waals surface area (Å²) < 4.78 is 0. The van der Waals surface area contributed by atoms with Gasteiger partial charge in [-0.3, -0.25) is 0 Å². The SMILES string of the molecule is CC(CCCO)NCc1ccc(O)c(Cl)c1. The van der Waals surface area contributed by atoms with Crippen LogP contribution in [-0.2, 0) is 6.54 Å². The van der Waals surface area contributed by atoms with Gasteiger partial charge in [-0.1, -0.05) is 17.7 Å². The maximum atomic E-state index is 9.26. The smallest absolute Gasteiger partial charge is 0.134 e. The lowest BCUT2D eigenvalue weighted by atomic mass is 10.1. The number of rotatable bonds is 6. The molecular weight excluding hydrogens is 226 g/mol. The molecule has 16 heavy (non-hydrogen) atoms. The average molecular weight is 244 g/mol. The molecule has 0 aliphatic heterocycles. The molecule has 90 valence electrons. The normalized spacial score (nSPS) is 12.7. The molecule has 0 aliphatic rings. The highest BCUT2D eigenvalue weighted by Crippen LogP contribution is 2.23. The van der Waals surface area contributed by atoms with Gasteiger partial charge in [-0.25, -0.2) is 0 Å². The first-order valence-corrected chi connectivity index (χ1v) is 5.83. The number of hydrogen-bond donors (Lipinski definition) is 3. The Labute approximate surface area is 101 Å². The number of aliphatic hydroxyl groups is 1. The van der Waals surface area contributed by atoms with Crippen LogP contribution in [0.5, 0.6) is 5.75 Å². The maximum absolute atomic E-state index is 9.26. The summed E-state index contributed by atoms with van der Waals surface area (Å²) in [7, 11) is 0. The quantitative estimate of drug-likeness (QED) is 0.719. The van der Waals surface area contributed by atoms with Gasteiger partial charge in [0.1, 0.15) is 5.75 Å². The first kappa shape index (κ1) is 13.3. The number of benzene rings is 1. The summed E-state index contributed by atoms with van der Waals surface area (Å²) in [6.45, 7) is 3.03. The van der Waals surface area contributed by atoms with E-state index in [9.17, 15) is 5.11 Å². The Morgan fingerprint density at radius 3 is 2.81 bits per heavy atom. The van der Waals surface area contributed by atoms with E-state index in [1.165, 1.54) is 0 Å². The molecule has 0 fully saturated rings. The molecule has 4 heteroatoms. The number of hydrogen-bond acceptors (Lipinski definition) is 3. The lowest BCUT2D eigenvalue weighted by Crippen LogP contribution is -2.25. The Morgan fingerprint density at radius 2 is 2.19 bits per heavy atom. The molecule has 1 unspecified atom stereocenters. The van der Waals surface area contributed by atoms with Crippen LogP contribution in [0.3, 0.4) is 0 Å². The lowest BCUT2D eigenvalue weighted by molar-refractivity contribution is 0.276. The molecule has 0 radical (unpaired) electrons.